The fraction of sp³-hybridized carbons (Fsp3) is 0.583. The minimum Gasteiger partial charge on any atom is -0.487 e. The number of hydrogen-bond donors (Lipinski definition) is 1. The van der Waals surface area contributed by atoms with Gasteiger partial charge < -0.3 is 14.6 Å². The number of nitrogens with one attached hydrogen (secondary N) is 1. The number of piperidine rings is 1. The van der Waals surface area contributed by atoms with Gasteiger partial charge in [0, 0.05) is 37.5 Å². The zero-order valence-corrected chi connectivity index (χ0v) is 18.4. The van der Waals surface area contributed by atoms with E-state index in [1.165, 1.54) is 11.1 Å². The summed E-state index contributed by atoms with van der Waals surface area (Å²) in [5.41, 5.74) is 2.53. The number of hydrogen-bond acceptors (Lipinski definition) is 4. The smallest absolute Gasteiger partial charge is 0.243 e. The third-order valence-electron chi connectivity index (χ3n) is 6.41. The Hall–Kier alpha value is -2.34. The SMILES string of the molecule is CCC(C(=O)NCC1CCN(Cc2cccc3c2OC(C)(C)C3)CC1)n1ccnc1. The molecule has 1 saturated heterocycles. The van der Waals surface area contributed by atoms with E-state index in [4.69, 9.17) is 4.74 Å². The highest BCUT2D eigenvalue weighted by Crippen LogP contribution is 2.38. The van der Waals surface area contributed by atoms with Gasteiger partial charge in [0.1, 0.15) is 17.4 Å². The van der Waals surface area contributed by atoms with E-state index in [1.807, 2.05) is 17.7 Å². The van der Waals surface area contributed by atoms with Crippen molar-refractivity contribution in [3.05, 3.63) is 48.0 Å². The van der Waals surface area contributed by atoms with Crippen molar-refractivity contribution in [1.29, 1.82) is 0 Å². The number of amides is 1. The summed E-state index contributed by atoms with van der Waals surface area (Å²) < 4.78 is 8.12. The first-order chi connectivity index (χ1) is 14.4. The number of rotatable bonds is 7. The van der Waals surface area contributed by atoms with Crippen LogP contribution < -0.4 is 10.1 Å². The van der Waals surface area contributed by atoms with Gasteiger partial charge in [0.25, 0.3) is 0 Å². The average molecular weight is 411 g/mol. The van der Waals surface area contributed by atoms with Crippen LogP contribution in [0.5, 0.6) is 5.75 Å². The second kappa shape index (κ2) is 8.80. The molecule has 6 nitrogen and oxygen atoms in total. The Kier molecular flexibility index (Phi) is 6.14. The summed E-state index contributed by atoms with van der Waals surface area (Å²) >= 11 is 0. The lowest BCUT2D eigenvalue weighted by Crippen LogP contribution is -2.40. The number of nitrogens with zero attached hydrogens (tertiary/aromatic N) is 3. The molecule has 30 heavy (non-hydrogen) atoms. The molecule has 1 aromatic heterocycles. The zero-order chi connectivity index (χ0) is 21.1. The van der Waals surface area contributed by atoms with Crippen molar-refractivity contribution in [3.63, 3.8) is 0 Å². The van der Waals surface area contributed by atoms with E-state index in [-0.39, 0.29) is 17.6 Å². The van der Waals surface area contributed by atoms with Crippen LogP contribution in [0, 0.1) is 5.92 Å². The van der Waals surface area contributed by atoms with Crippen molar-refractivity contribution in [1.82, 2.24) is 19.8 Å². The molecule has 2 aromatic rings. The first kappa shape index (κ1) is 20.9. The number of aromatic nitrogens is 2. The monoisotopic (exact) mass is 410 g/mol. The molecule has 6 heteroatoms. The Bertz CT molecular complexity index is 854. The maximum Gasteiger partial charge on any atom is 0.243 e. The molecule has 1 amide bonds. The molecular formula is C24H34N4O2. The largest absolute Gasteiger partial charge is 0.487 e. The van der Waals surface area contributed by atoms with E-state index in [9.17, 15) is 4.79 Å². The summed E-state index contributed by atoms with van der Waals surface area (Å²) in [6.07, 6.45) is 9.28. The van der Waals surface area contributed by atoms with E-state index in [2.05, 4.69) is 47.2 Å². The van der Waals surface area contributed by atoms with Gasteiger partial charge in [0.2, 0.25) is 5.91 Å². The second-order valence-electron chi connectivity index (χ2n) is 9.34. The molecule has 2 aliphatic heterocycles. The Morgan fingerprint density at radius 3 is 2.83 bits per heavy atom. The van der Waals surface area contributed by atoms with Crippen LogP contribution in [-0.4, -0.2) is 45.6 Å². The van der Waals surface area contributed by atoms with E-state index < -0.39 is 0 Å². The molecule has 162 valence electrons. The van der Waals surface area contributed by atoms with E-state index in [0.29, 0.717) is 5.92 Å². The first-order valence-corrected chi connectivity index (χ1v) is 11.2. The van der Waals surface area contributed by atoms with Crippen LogP contribution >= 0.6 is 0 Å². The van der Waals surface area contributed by atoms with Crippen molar-refractivity contribution < 1.29 is 9.53 Å². The highest BCUT2D eigenvalue weighted by molar-refractivity contribution is 5.80. The molecule has 0 radical (unpaired) electrons. The summed E-state index contributed by atoms with van der Waals surface area (Å²) in [4.78, 5) is 19.2. The van der Waals surface area contributed by atoms with Gasteiger partial charge in [-0.3, -0.25) is 9.69 Å². The van der Waals surface area contributed by atoms with Crippen LogP contribution in [0.15, 0.2) is 36.9 Å². The van der Waals surface area contributed by atoms with Gasteiger partial charge in [-0.25, -0.2) is 4.98 Å². The molecule has 1 atom stereocenters. The predicted molar refractivity (Wildman–Crippen MR) is 117 cm³/mol. The normalized spacial score (nSPS) is 19.8. The minimum atomic E-state index is -0.169. The van der Waals surface area contributed by atoms with Gasteiger partial charge in [-0.05, 0) is 57.7 Å². The van der Waals surface area contributed by atoms with Gasteiger partial charge in [0.15, 0.2) is 0 Å². The summed E-state index contributed by atoms with van der Waals surface area (Å²) in [5.74, 6) is 1.74. The summed E-state index contributed by atoms with van der Waals surface area (Å²) in [7, 11) is 0. The van der Waals surface area contributed by atoms with Gasteiger partial charge in [-0.15, -0.1) is 0 Å². The Morgan fingerprint density at radius 1 is 1.33 bits per heavy atom. The Labute approximate surface area is 179 Å². The molecule has 1 aromatic carbocycles. The zero-order valence-electron chi connectivity index (χ0n) is 18.4. The minimum absolute atomic E-state index is 0.0949. The van der Waals surface area contributed by atoms with Gasteiger partial charge in [-0.2, -0.15) is 0 Å². The van der Waals surface area contributed by atoms with E-state index in [0.717, 1.165) is 57.6 Å². The van der Waals surface area contributed by atoms with Crippen LogP contribution in [0.3, 0.4) is 0 Å². The van der Waals surface area contributed by atoms with Crippen molar-refractivity contribution in [2.24, 2.45) is 5.92 Å². The number of fused-ring (bicyclic) bond motifs is 1. The lowest BCUT2D eigenvalue weighted by Gasteiger charge is -2.32. The van der Waals surface area contributed by atoms with Crippen LogP contribution in [0.25, 0.3) is 0 Å². The Morgan fingerprint density at radius 2 is 2.13 bits per heavy atom. The molecule has 1 unspecified atom stereocenters. The summed E-state index contributed by atoms with van der Waals surface area (Å²) in [5, 5.41) is 3.17. The maximum absolute atomic E-state index is 12.6. The van der Waals surface area contributed by atoms with Crippen LogP contribution in [0.2, 0.25) is 0 Å². The standard InChI is InChI=1S/C24H34N4O2/c1-4-21(28-13-10-25-17-28)23(29)26-15-18-8-11-27(12-9-18)16-20-7-5-6-19-14-24(2,3)30-22(19)20/h5-7,10,13,17-18,21H,4,8-9,11-12,14-16H2,1-3H3,(H,26,29). The van der Waals surface area contributed by atoms with Crippen molar-refractivity contribution in [2.45, 2.75) is 64.6 Å². The number of benzene rings is 1. The molecule has 2 aliphatic rings. The second-order valence-corrected chi connectivity index (χ2v) is 9.34. The van der Waals surface area contributed by atoms with Gasteiger partial charge in [0.05, 0.1) is 6.33 Å². The molecule has 1 fully saturated rings. The Balaban J connectivity index is 1.25. The van der Waals surface area contributed by atoms with Crippen molar-refractivity contribution in [2.75, 3.05) is 19.6 Å². The summed E-state index contributed by atoms with van der Waals surface area (Å²) in [6, 6.07) is 6.38. The number of carbonyl (C=O) groups is 1. The van der Waals surface area contributed by atoms with Gasteiger partial charge in [-0.1, -0.05) is 25.1 Å². The maximum atomic E-state index is 12.6. The number of carbonyl (C=O) groups excluding carboxylic acids is 1. The third-order valence-corrected chi connectivity index (χ3v) is 6.41. The molecule has 0 saturated carbocycles. The highest BCUT2D eigenvalue weighted by atomic mass is 16.5. The number of para-hydroxylation sites is 1. The molecular weight excluding hydrogens is 376 g/mol. The van der Waals surface area contributed by atoms with Crippen molar-refractivity contribution in [3.8, 4) is 5.75 Å². The fourth-order valence-electron chi connectivity index (χ4n) is 4.74. The molecule has 1 N–H and O–H groups in total. The van der Waals surface area contributed by atoms with E-state index >= 15 is 0 Å². The van der Waals surface area contributed by atoms with Crippen LogP contribution in [0.1, 0.15) is 57.2 Å². The summed E-state index contributed by atoms with van der Waals surface area (Å²) in [6.45, 7) is 10.2. The molecule has 0 spiro atoms. The first-order valence-electron chi connectivity index (χ1n) is 11.2. The highest BCUT2D eigenvalue weighted by Gasteiger charge is 2.32. The average Bonchev–Trinajstić information content (AvgIpc) is 3.35. The fourth-order valence-corrected chi connectivity index (χ4v) is 4.74. The van der Waals surface area contributed by atoms with Crippen LogP contribution in [0.4, 0.5) is 0 Å². The number of ether oxygens (including phenoxy) is 1. The van der Waals surface area contributed by atoms with E-state index in [1.54, 1.807) is 12.5 Å². The van der Waals surface area contributed by atoms with Gasteiger partial charge >= 0.3 is 0 Å². The topological polar surface area (TPSA) is 59.4 Å². The predicted octanol–water partition coefficient (Wildman–Crippen LogP) is 3.58. The van der Waals surface area contributed by atoms with Crippen molar-refractivity contribution >= 4 is 5.91 Å². The van der Waals surface area contributed by atoms with Crippen LogP contribution in [-0.2, 0) is 17.8 Å². The quantitative estimate of drug-likeness (QED) is 0.758. The third kappa shape index (κ3) is 4.69. The lowest BCUT2D eigenvalue weighted by atomic mass is 9.95. The molecule has 3 heterocycles. The number of likely N-dealkylation sites (tertiary alicyclic amines) is 1. The molecule has 4 rings (SSSR count). The lowest BCUT2D eigenvalue weighted by molar-refractivity contribution is -0.124. The molecule has 0 bridgehead atoms. The number of imidazole rings is 1. The molecule has 0 aliphatic carbocycles.